The van der Waals surface area contributed by atoms with Gasteiger partial charge in [0.15, 0.2) is 0 Å². The van der Waals surface area contributed by atoms with E-state index in [0.717, 1.165) is 32.6 Å². The smallest absolute Gasteiger partial charge is 0.0377 e. The van der Waals surface area contributed by atoms with Gasteiger partial charge in [0.25, 0.3) is 0 Å². The third-order valence-electron chi connectivity index (χ3n) is 5.40. The van der Waals surface area contributed by atoms with Gasteiger partial charge in [-0.3, -0.25) is 4.90 Å². The molecule has 1 aromatic carbocycles. The molecule has 1 aliphatic rings. The van der Waals surface area contributed by atoms with Gasteiger partial charge in [0, 0.05) is 44.5 Å². The summed E-state index contributed by atoms with van der Waals surface area (Å²) in [6, 6.07) is 9.40. The minimum atomic E-state index is 0.673. The van der Waals surface area contributed by atoms with Crippen molar-refractivity contribution in [1.82, 2.24) is 15.1 Å². The monoisotopic (exact) mass is 343 g/mol. The Bertz CT molecular complexity index is 518. The summed E-state index contributed by atoms with van der Waals surface area (Å²) in [7, 11) is 0. The van der Waals surface area contributed by atoms with Gasteiger partial charge in [-0.05, 0) is 57.2 Å². The largest absolute Gasteiger partial charge is 0.375 e. The Kier molecular flexibility index (Phi) is 8.50. The molecule has 0 unspecified atom stereocenters. The molecule has 1 aromatic rings. The zero-order valence-corrected chi connectivity index (χ0v) is 16.6. The van der Waals surface area contributed by atoms with Crippen molar-refractivity contribution >= 4 is 0 Å². The molecule has 140 valence electrons. The lowest BCUT2D eigenvalue weighted by Gasteiger charge is -2.35. The number of hydrogen-bond acceptors (Lipinski definition) is 3. The molecule has 1 fully saturated rings. The van der Waals surface area contributed by atoms with E-state index in [-0.39, 0.29) is 0 Å². The SMILES string of the molecule is C=C(CN1CCC(NCCc2ccccc2C)CC1)N(CC)CCC. The van der Waals surface area contributed by atoms with E-state index in [1.807, 2.05) is 0 Å². The van der Waals surface area contributed by atoms with Crippen LogP contribution in [0.1, 0.15) is 44.2 Å². The number of likely N-dealkylation sites (N-methyl/N-ethyl adjacent to an activating group) is 1. The molecule has 0 atom stereocenters. The fraction of sp³-hybridized carbons (Fsp3) is 0.636. The van der Waals surface area contributed by atoms with E-state index in [0.29, 0.717) is 6.04 Å². The normalized spacial score (nSPS) is 16.1. The van der Waals surface area contributed by atoms with Crippen molar-refractivity contribution in [2.45, 2.75) is 52.5 Å². The Morgan fingerprint density at radius 3 is 2.60 bits per heavy atom. The number of likely N-dealkylation sites (tertiary alicyclic amines) is 1. The zero-order chi connectivity index (χ0) is 18.1. The highest BCUT2D eigenvalue weighted by atomic mass is 15.2. The Labute approximate surface area is 155 Å². The average Bonchev–Trinajstić information content (AvgIpc) is 2.62. The quantitative estimate of drug-likeness (QED) is 0.696. The summed E-state index contributed by atoms with van der Waals surface area (Å²) in [5.74, 6) is 0. The second-order valence-electron chi connectivity index (χ2n) is 7.33. The molecule has 0 saturated carbocycles. The summed E-state index contributed by atoms with van der Waals surface area (Å²) in [6.45, 7) is 17.7. The fourth-order valence-corrected chi connectivity index (χ4v) is 3.76. The zero-order valence-electron chi connectivity index (χ0n) is 16.6. The van der Waals surface area contributed by atoms with Gasteiger partial charge in [-0.1, -0.05) is 37.8 Å². The molecule has 0 bridgehead atoms. The third-order valence-corrected chi connectivity index (χ3v) is 5.40. The summed E-state index contributed by atoms with van der Waals surface area (Å²) in [4.78, 5) is 4.99. The first-order chi connectivity index (χ1) is 12.1. The van der Waals surface area contributed by atoms with Crippen LogP contribution in [0.15, 0.2) is 36.5 Å². The van der Waals surface area contributed by atoms with Crippen molar-refractivity contribution < 1.29 is 0 Å². The van der Waals surface area contributed by atoms with Crippen LogP contribution in [-0.2, 0) is 6.42 Å². The minimum Gasteiger partial charge on any atom is -0.375 e. The van der Waals surface area contributed by atoms with Crippen molar-refractivity contribution in [3.05, 3.63) is 47.7 Å². The molecule has 3 nitrogen and oxygen atoms in total. The summed E-state index contributed by atoms with van der Waals surface area (Å²) < 4.78 is 0. The van der Waals surface area contributed by atoms with Crippen LogP contribution in [0.5, 0.6) is 0 Å². The minimum absolute atomic E-state index is 0.673. The van der Waals surface area contributed by atoms with Crippen molar-refractivity contribution in [3.8, 4) is 0 Å². The molecular weight excluding hydrogens is 306 g/mol. The number of nitrogens with zero attached hydrogens (tertiary/aromatic N) is 2. The Morgan fingerprint density at radius 2 is 1.96 bits per heavy atom. The second-order valence-corrected chi connectivity index (χ2v) is 7.33. The standard InChI is InChI=1S/C22H37N3/c1-5-15-25(6-2)20(4)18-24-16-12-22(13-17-24)23-14-11-21-10-8-7-9-19(21)3/h7-10,22-23H,4-6,11-18H2,1-3H3. The lowest BCUT2D eigenvalue weighted by molar-refractivity contribution is 0.194. The number of piperidine rings is 1. The Balaban J connectivity index is 1.66. The highest BCUT2D eigenvalue weighted by Gasteiger charge is 2.20. The molecule has 3 heteroatoms. The molecule has 0 amide bonds. The van der Waals surface area contributed by atoms with Crippen LogP contribution < -0.4 is 5.32 Å². The van der Waals surface area contributed by atoms with Gasteiger partial charge in [0.2, 0.25) is 0 Å². The number of hydrogen-bond donors (Lipinski definition) is 1. The van der Waals surface area contributed by atoms with E-state index >= 15 is 0 Å². The maximum Gasteiger partial charge on any atom is 0.0377 e. The number of benzene rings is 1. The number of nitrogens with one attached hydrogen (secondary N) is 1. The van der Waals surface area contributed by atoms with Crippen LogP contribution in [0.3, 0.4) is 0 Å². The van der Waals surface area contributed by atoms with Crippen LogP contribution in [0.4, 0.5) is 0 Å². The van der Waals surface area contributed by atoms with Gasteiger partial charge in [0.05, 0.1) is 0 Å². The molecule has 2 rings (SSSR count). The lowest BCUT2D eigenvalue weighted by atomic mass is 10.0. The molecule has 1 saturated heterocycles. The van der Waals surface area contributed by atoms with E-state index in [1.54, 1.807) is 0 Å². The highest BCUT2D eigenvalue weighted by Crippen LogP contribution is 2.14. The van der Waals surface area contributed by atoms with Crippen LogP contribution in [0.25, 0.3) is 0 Å². The first kappa shape index (κ1) is 20.0. The molecule has 25 heavy (non-hydrogen) atoms. The molecule has 1 heterocycles. The summed E-state index contributed by atoms with van der Waals surface area (Å²) in [5, 5.41) is 3.77. The lowest BCUT2D eigenvalue weighted by Crippen LogP contribution is -2.44. The molecular formula is C22H37N3. The third kappa shape index (κ3) is 6.48. The highest BCUT2D eigenvalue weighted by molar-refractivity contribution is 5.25. The predicted molar refractivity (Wildman–Crippen MR) is 109 cm³/mol. The predicted octanol–water partition coefficient (Wildman–Crippen LogP) is 3.84. The maximum absolute atomic E-state index is 4.32. The second kappa shape index (κ2) is 10.6. The van der Waals surface area contributed by atoms with Gasteiger partial charge < -0.3 is 10.2 Å². The molecule has 1 N–H and O–H groups in total. The number of rotatable bonds is 10. The van der Waals surface area contributed by atoms with Gasteiger partial charge in [-0.25, -0.2) is 0 Å². The van der Waals surface area contributed by atoms with Gasteiger partial charge in [-0.2, -0.15) is 0 Å². The van der Waals surface area contributed by atoms with E-state index < -0.39 is 0 Å². The van der Waals surface area contributed by atoms with E-state index in [1.165, 1.54) is 49.2 Å². The van der Waals surface area contributed by atoms with Crippen LogP contribution >= 0.6 is 0 Å². The summed E-state index contributed by atoms with van der Waals surface area (Å²) >= 11 is 0. The summed E-state index contributed by atoms with van der Waals surface area (Å²) in [6.07, 6.45) is 4.83. The van der Waals surface area contributed by atoms with Crippen LogP contribution in [0.2, 0.25) is 0 Å². The van der Waals surface area contributed by atoms with Crippen molar-refractivity contribution in [3.63, 3.8) is 0 Å². The Morgan fingerprint density at radius 1 is 1.24 bits per heavy atom. The fourth-order valence-electron chi connectivity index (χ4n) is 3.76. The Hall–Kier alpha value is -1.32. The van der Waals surface area contributed by atoms with Gasteiger partial charge in [0.1, 0.15) is 0 Å². The van der Waals surface area contributed by atoms with Crippen LogP contribution in [-0.4, -0.2) is 55.1 Å². The van der Waals surface area contributed by atoms with E-state index in [9.17, 15) is 0 Å². The molecule has 1 aliphatic heterocycles. The molecule has 0 aliphatic carbocycles. The molecule has 0 aromatic heterocycles. The van der Waals surface area contributed by atoms with E-state index in [4.69, 9.17) is 0 Å². The van der Waals surface area contributed by atoms with Crippen molar-refractivity contribution in [2.24, 2.45) is 0 Å². The van der Waals surface area contributed by atoms with Crippen LogP contribution in [0, 0.1) is 6.92 Å². The molecule has 0 spiro atoms. The van der Waals surface area contributed by atoms with Crippen molar-refractivity contribution in [2.75, 3.05) is 39.3 Å². The number of aryl methyl sites for hydroxylation is 1. The van der Waals surface area contributed by atoms with Crippen molar-refractivity contribution in [1.29, 1.82) is 0 Å². The van der Waals surface area contributed by atoms with Gasteiger partial charge in [-0.15, -0.1) is 0 Å². The first-order valence-electron chi connectivity index (χ1n) is 10.1. The average molecular weight is 344 g/mol. The van der Waals surface area contributed by atoms with E-state index in [2.05, 4.69) is 66.7 Å². The molecule has 0 radical (unpaired) electrons. The van der Waals surface area contributed by atoms with Gasteiger partial charge >= 0.3 is 0 Å². The summed E-state index contributed by atoms with van der Waals surface area (Å²) in [5.41, 5.74) is 4.17. The first-order valence-corrected chi connectivity index (χ1v) is 10.1. The maximum atomic E-state index is 4.32. The topological polar surface area (TPSA) is 18.5 Å².